The zero-order valence-corrected chi connectivity index (χ0v) is 18.9. The molecule has 5 rings (SSSR count). The summed E-state index contributed by atoms with van der Waals surface area (Å²) in [6.45, 7) is 1.63. The van der Waals surface area contributed by atoms with E-state index in [1.54, 1.807) is 37.7 Å². The van der Waals surface area contributed by atoms with Gasteiger partial charge in [0.15, 0.2) is 4.96 Å². The molecule has 0 spiro atoms. The number of carbonyl (C=O) groups is 1. The lowest BCUT2D eigenvalue weighted by molar-refractivity contribution is 0.0694. The largest absolute Gasteiger partial charge is 0.383 e. The molecule has 33 heavy (non-hydrogen) atoms. The van der Waals surface area contributed by atoms with Crippen LogP contribution in [-0.4, -0.2) is 53.2 Å². The fourth-order valence-corrected chi connectivity index (χ4v) is 5.02. The Kier molecular flexibility index (Phi) is 6.07. The number of nitrogens with zero attached hydrogens (tertiary/aromatic N) is 3. The number of hydrogen-bond acceptors (Lipinski definition) is 7. The number of pyridine rings is 1. The second kappa shape index (κ2) is 9.14. The monoisotopic (exact) mass is 469 g/mol. The molecule has 0 saturated carbocycles. The molecule has 1 aliphatic heterocycles. The van der Waals surface area contributed by atoms with Crippen molar-refractivity contribution in [3.8, 4) is 11.3 Å². The normalized spacial score (nSPS) is 15.8. The van der Waals surface area contributed by atoms with E-state index in [1.807, 2.05) is 4.40 Å². The van der Waals surface area contributed by atoms with Gasteiger partial charge in [-0.05, 0) is 36.6 Å². The quantitative estimate of drug-likeness (QED) is 0.449. The average molecular weight is 470 g/mol. The predicted molar refractivity (Wildman–Crippen MR) is 124 cm³/mol. The predicted octanol–water partition coefficient (Wildman–Crippen LogP) is 3.31. The summed E-state index contributed by atoms with van der Waals surface area (Å²) in [5, 5.41) is 3.03. The molecule has 1 fully saturated rings. The number of thiazole rings is 1. The van der Waals surface area contributed by atoms with Gasteiger partial charge in [-0.1, -0.05) is 17.4 Å². The molecular weight excluding hydrogens is 445 g/mol. The number of amides is 1. The minimum absolute atomic E-state index is 0.109. The van der Waals surface area contributed by atoms with Crippen molar-refractivity contribution in [1.29, 1.82) is 0 Å². The van der Waals surface area contributed by atoms with Crippen LogP contribution in [0, 0.1) is 5.82 Å². The average Bonchev–Trinajstić information content (AvgIpc) is 3.37. The third-order valence-electron chi connectivity index (χ3n) is 5.81. The molecule has 1 amide bonds. The number of ether oxygens (including phenoxy) is 2. The number of nitrogens with one attached hydrogen (secondary N) is 1. The third kappa shape index (κ3) is 4.34. The number of imidazole rings is 1. The summed E-state index contributed by atoms with van der Waals surface area (Å²) in [5.41, 5.74) is 8.77. The molecule has 3 N–H and O–H groups in total. The van der Waals surface area contributed by atoms with E-state index in [4.69, 9.17) is 15.2 Å². The molecule has 10 heteroatoms. The fraction of sp³-hybridized carbons (Fsp3) is 0.348. The highest BCUT2D eigenvalue weighted by Crippen LogP contribution is 2.31. The van der Waals surface area contributed by atoms with Crippen molar-refractivity contribution in [2.24, 2.45) is 5.73 Å². The second-order valence-corrected chi connectivity index (χ2v) is 9.09. The first-order valence-corrected chi connectivity index (χ1v) is 11.6. The molecule has 172 valence electrons. The third-order valence-corrected chi connectivity index (χ3v) is 6.83. The highest BCUT2D eigenvalue weighted by Gasteiger charge is 2.20. The summed E-state index contributed by atoms with van der Waals surface area (Å²) >= 11 is 1.43. The Bertz CT molecular complexity index is 1310. The Morgan fingerprint density at radius 3 is 2.97 bits per heavy atom. The van der Waals surface area contributed by atoms with Crippen molar-refractivity contribution in [2.45, 2.75) is 24.9 Å². The minimum atomic E-state index is -0.392. The van der Waals surface area contributed by atoms with Gasteiger partial charge < -0.3 is 20.5 Å². The van der Waals surface area contributed by atoms with Crippen LogP contribution < -0.4 is 11.1 Å². The van der Waals surface area contributed by atoms with Crippen LogP contribution in [0.2, 0.25) is 0 Å². The Balaban J connectivity index is 1.40. The van der Waals surface area contributed by atoms with Gasteiger partial charge in [0, 0.05) is 38.1 Å². The summed E-state index contributed by atoms with van der Waals surface area (Å²) in [7, 11) is 1.56. The first-order valence-electron chi connectivity index (χ1n) is 10.7. The molecule has 8 nitrogen and oxygen atoms in total. The van der Waals surface area contributed by atoms with Crippen molar-refractivity contribution in [2.75, 3.05) is 26.9 Å². The van der Waals surface area contributed by atoms with Crippen LogP contribution in [0.3, 0.4) is 0 Å². The molecule has 1 aromatic carbocycles. The fourth-order valence-electron chi connectivity index (χ4n) is 4.00. The topological polar surface area (TPSA) is 104 Å². The Morgan fingerprint density at radius 1 is 1.39 bits per heavy atom. The van der Waals surface area contributed by atoms with E-state index in [-0.39, 0.29) is 17.8 Å². The molecule has 0 aliphatic carbocycles. The van der Waals surface area contributed by atoms with Crippen molar-refractivity contribution >= 4 is 32.4 Å². The number of nitrogens with two attached hydrogens (primary N) is 1. The maximum absolute atomic E-state index is 14.8. The molecule has 0 radical (unpaired) electrons. The molecule has 1 saturated heterocycles. The number of hydrogen-bond donors (Lipinski definition) is 2. The van der Waals surface area contributed by atoms with Gasteiger partial charge in [-0.3, -0.25) is 9.20 Å². The summed E-state index contributed by atoms with van der Waals surface area (Å²) in [6.07, 6.45) is 5.05. The van der Waals surface area contributed by atoms with Crippen molar-refractivity contribution in [3.63, 3.8) is 0 Å². The van der Waals surface area contributed by atoms with Gasteiger partial charge in [-0.25, -0.2) is 14.4 Å². The van der Waals surface area contributed by atoms with Crippen molar-refractivity contribution < 1.29 is 18.7 Å². The molecule has 4 heterocycles. The van der Waals surface area contributed by atoms with Crippen LogP contribution >= 0.6 is 11.3 Å². The lowest BCUT2D eigenvalue weighted by Crippen LogP contribution is -2.39. The van der Waals surface area contributed by atoms with Gasteiger partial charge in [0.2, 0.25) is 0 Å². The second-order valence-electron chi connectivity index (χ2n) is 8.08. The van der Waals surface area contributed by atoms with Crippen molar-refractivity contribution in [3.05, 3.63) is 53.7 Å². The number of carbonyl (C=O) groups excluding carboxylic acids is 1. The van der Waals surface area contributed by atoms with Gasteiger partial charge in [-0.2, -0.15) is 0 Å². The van der Waals surface area contributed by atoms with E-state index in [9.17, 15) is 9.18 Å². The van der Waals surface area contributed by atoms with Crippen LogP contribution in [0.25, 0.3) is 26.4 Å². The van der Waals surface area contributed by atoms with Gasteiger partial charge >= 0.3 is 0 Å². The standard InChI is InChI=1S/C23H24FN5O3S/c1-31-12-17(25)13-2-3-15(16(24)8-13)19-11-29-20-10-26-18(9-21(20)33-23(29)28-19)22(30)27-14-4-6-32-7-5-14/h2-3,8-11,14,17H,4-7,12,25H2,1H3,(H,27,30). The first-order chi connectivity index (χ1) is 16.0. The Hall–Kier alpha value is -2.92. The van der Waals surface area contributed by atoms with E-state index in [0.29, 0.717) is 47.3 Å². The Morgan fingerprint density at radius 2 is 2.21 bits per heavy atom. The zero-order chi connectivity index (χ0) is 22.9. The smallest absolute Gasteiger partial charge is 0.270 e. The van der Waals surface area contributed by atoms with Crippen LogP contribution in [0.5, 0.6) is 0 Å². The molecule has 1 aliphatic rings. The molecule has 0 bridgehead atoms. The van der Waals surface area contributed by atoms with Gasteiger partial charge in [-0.15, -0.1) is 0 Å². The van der Waals surface area contributed by atoms with Gasteiger partial charge in [0.1, 0.15) is 11.5 Å². The molecular formula is C23H24FN5O3S. The molecule has 1 atom stereocenters. The van der Waals surface area contributed by atoms with E-state index < -0.39 is 6.04 Å². The van der Waals surface area contributed by atoms with Crippen LogP contribution in [0.1, 0.15) is 34.9 Å². The van der Waals surface area contributed by atoms with Crippen LogP contribution in [-0.2, 0) is 9.47 Å². The minimum Gasteiger partial charge on any atom is -0.383 e. The number of fused-ring (bicyclic) bond motifs is 3. The number of methoxy groups -OCH3 is 1. The van der Waals surface area contributed by atoms with E-state index in [2.05, 4.69) is 15.3 Å². The number of benzene rings is 1. The highest BCUT2D eigenvalue weighted by atomic mass is 32.1. The summed E-state index contributed by atoms with van der Waals surface area (Å²) in [6, 6.07) is 6.39. The summed E-state index contributed by atoms with van der Waals surface area (Å²) < 4.78 is 27.9. The maximum atomic E-state index is 14.8. The number of halogens is 1. The van der Waals surface area contributed by atoms with E-state index in [0.717, 1.165) is 23.1 Å². The lowest BCUT2D eigenvalue weighted by Gasteiger charge is -2.22. The molecule has 4 aromatic rings. The van der Waals surface area contributed by atoms with Gasteiger partial charge in [0.05, 0.1) is 34.8 Å². The SMILES string of the molecule is COCC(N)c1ccc(-c2cn3c(n2)sc2cc(C(=O)NC4CCOCC4)ncc23)c(F)c1. The van der Waals surface area contributed by atoms with E-state index >= 15 is 0 Å². The van der Waals surface area contributed by atoms with Crippen molar-refractivity contribution in [1.82, 2.24) is 19.7 Å². The summed E-state index contributed by atoms with van der Waals surface area (Å²) in [4.78, 5) is 22.3. The zero-order valence-electron chi connectivity index (χ0n) is 18.1. The molecule has 3 aromatic heterocycles. The first kappa shape index (κ1) is 21.9. The van der Waals surface area contributed by atoms with Crippen LogP contribution in [0.15, 0.2) is 36.7 Å². The molecule has 1 unspecified atom stereocenters. The number of rotatable bonds is 6. The van der Waals surface area contributed by atoms with E-state index in [1.165, 1.54) is 17.4 Å². The number of aromatic nitrogens is 3. The Labute approximate surface area is 193 Å². The van der Waals surface area contributed by atoms with Crippen LogP contribution in [0.4, 0.5) is 4.39 Å². The maximum Gasteiger partial charge on any atom is 0.270 e. The van der Waals surface area contributed by atoms with Gasteiger partial charge in [0.25, 0.3) is 5.91 Å². The summed E-state index contributed by atoms with van der Waals surface area (Å²) in [5.74, 6) is -0.580. The highest BCUT2D eigenvalue weighted by molar-refractivity contribution is 7.23. The lowest BCUT2D eigenvalue weighted by atomic mass is 10.0.